The van der Waals surface area contributed by atoms with Crippen molar-refractivity contribution in [1.29, 1.82) is 0 Å². The lowest BCUT2D eigenvalue weighted by Crippen LogP contribution is -2.70. The van der Waals surface area contributed by atoms with Crippen molar-refractivity contribution in [2.45, 2.75) is 62.6 Å². The number of hydrogen-bond acceptors (Lipinski definition) is 4. The maximum Gasteiger partial charge on any atom is 0.254 e. The van der Waals surface area contributed by atoms with Crippen molar-refractivity contribution in [3.05, 3.63) is 65.2 Å². The number of likely N-dealkylation sites (tertiary alicyclic amines) is 2. The van der Waals surface area contributed by atoms with Crippen molar-refractivity contribution >= 4 is 5.91 Å². The number of aliphatic hydroxyl groups excluding tert-OH is 1. The summed E-state index contributed by atoms with van der Waals surface area (Å²) >= 11 is 0. The molecule has 5 heteroatoms. The highest BCUT2D eigenvalue weighted by Gasteiger charge is 2.76. The van der Waals surface area contributed by atoms with Gasteiger partial charge in [0.1, 0.15) is 5.75 Å². The lowest BCUT2D eigenvalue weighted by molar-refractivity contribution is -0.108. The summed E-state index contributed by atoms with van der Waals surface area (Å²) in [6, 6.07) is 16.5. The van der Waals surface area contributed by atoms with Crippen LogP contribution in [0.15, 0.2) is 48.5 Å². The monoisotopic (exact) mass is 458 g/mol. The Kier molecular flexibility index (Phi) is 4.36. The molecule has 5 aliphatic rings. The molecule has 7 atom stereocenters. The smallest absolute Gasteiger partial charge is 0.254 e. The molecule has 2 aliphatic heterocycles. The van der Waals surface area contributed by atoms with E-state index in [2.05, 4.69) is 21.9 Å². The van der Waals surface area contributed by atoms with Gasteiger partial charge in [0.25, 0.3) is 5.91 Å². The van der Waals surface area contributed by atoms with Crippen LogP contribution in [0.1, 0.15) is 54.1 Å². The minimum absolute atomic E-state index is 0.0124. The first-order valence-corrected chi connectivity index (χ1v) is 13.1. The number of rotatable bonds is 3. The lowest BCUT2D eigenvalue weighted by atomic mass is 9.43. The van der Waals surface area contributed by atoms with Crippen molar-refractivity contribution in [2.24, 2.45) is 17.3 Å². The number of benzene rings is 2. The minimum Gasteiger partial charge on any atom is -0.508 e. The highest BCUT2D eigenvalue weighted by Crippen LogP contribution is 2.75. The molecule has 3 aliphatic carbocycles. The number of phenolic OH excluding ortho intramolecular Hbond substituents is 1. The zero-order valence-corrected chi connectivity index (χ0v) is 19.9. The predicted molar refractivity (Wildman–Crippen MR) is 130 cm³/mol. The van der Waals surface area contributed by atoms with E-state index < -0.39 is 0 Å². The molecule has 0 aromatic heterocycles. The van der Waals surface area contributed by atoms with Gasteiger partial charge in [-0.1, -0.05) is 24.3 Å². The predicted octanol–water partition coefficient (Wildman–Crippen LogP) is 3.58. The average Bonchev–Trinajstić information content (AvgIpc) is 3.27. The van der Waals surface area contributed by atoms with Gasteiger partial charge in [-0.15, -0.1) is 0 Å². The number of β-amino-alcohol motifs (C(OH)–C–C–N with tert-alkyl or cyclic N) is 1. The lowest BCUT2D eigenvalue weighted by Gasteiger charge is -2.66. The quantitative estimate of drug-likeness (QED) is 0.738. The van der Waals surface area contributed by atoms with Crippen LogP contribution in [0.3, 0.4) is 0 Å². The molecular formula is C29H34N2O3. The van der Waals surface area contributed by atoms with E-state index in [0.717, 1.165) is 57.3 Å². The Bertz CT molecular complexity index is 1150. The summed E-state index contributed by atoms with van der Waals surface area (Å²) in [5.74, 6) is 1.50. The Morgan fingerprint density at radius 2 is 2.00 bits per heavy atom. The maximum atomic E-state index is 13.6. The molecule has 4 bridgehead atoms. The molecule has 34 heavy (non-hydrogen) atoms. The molecule has 2 N–H and O–H groups in total. The second kappa shape index (κ2) is 7.08. The first kappa shape index (κ1) is 21.0. The van der Waals surface area contributed by atoms with Crippen molar-refractivity contribution in [3.8, 4) is 5.75 Å². The zero-order chi connectivity index (χ0) is 23.2. The molecule has 2 saturated heterocycles. The van der Waals surface area contributed by atoms with E-state index in [1.807, 2.05) is 43.3 Å². The normalized spacial score (nSPS) is 38.4. The Labute approximate surface area is 201 Å². The third-order valence-corrected chi connectivity index (χ3v) is 10.4. The molecule has 2 heterocycles. The number of amides is 1. The van der Waals surface area contributed by atoms with Gasteiger partial charge in [-0.2, -0.15) is 0 Å². The van der Waals surface area contributed by atoms with Crippen molar-refractivity contribution in [3.63, 3.8) is 0 Å². The van der Waals surface area contributed by atoms with Gasteiger partial charge in [-0.3, -0.25) is 9.69 Å². The SMILES string of the molecule is C[C@@H](O)CN1CCC23c4cc(O)ccc4CC1C21CCC2C3[C@@H](CN2C(=O)c2ccccc2)C1. The first-order valence-electron chi connectivity index (χ1n) is 13.1. The molecule has 1 amide bonds. The number of nitrogens with zero attached hydrogens (tertiary/aromatic N) is 2. The van der Waals surface area contributed by atoms with Crippen molar-refractivity contribution in [2.75, 3.05) is 19.6 Å². The third-order valence-electron chi connectivity index (χ3n) is 10.4. The van der Waals surface area contributed by atoms with Gasteiger partial charge in [0.05, 0.1) is 6.10 Å². The summed E-state index contributed by atoms with van der Waals surface area (Å²) in [4.78, 5) is 18.4. The fourth-order valence-corrected chi connectivity index (χ4v) is 9.63. The second-order valence-corrected chi connectivity index (χ2v) is 11.7. The van der Waals surface area contributed by atoms with E-state index in [0.29, 0.717) is 23.6 Å². The van der Waals surface area contributed by atoms with Gasteiger partial charge >= 0.3 is 0 Å². The maximum absolute atomic E-state index is 13.6. The molecule has 0 spiro atoms. The molecule has 178 valence electrons. The number of piperidine rings is 1. The Morgan fingerprint density at radius 3 is 2.79 bits per heavy atom. The largest absolute Gasteiger partial charge is 0.508 e. The van der Waals surface area contributed by atoms with Gasteiger partial charge in [-0.25, -0.2) is 0 Å². The average molecular weight is 459 g/mol. The highest BCUT2D eigenvalue weighted by molar-refractivity contribution is 5.94. The number of carbonyl (C=O) groups excluding carboxylic acids is 1. The van der Waals surface area contributed by atoms with Crippen LogP contribution < -0.4 is 0 Å². The molecule has 5 unspecified atom stereocenters. The third kappa shape index (κ3) is 2.50. The Hall–Kier alpha value is -2.37. The topological polar surface area (TPSA) is 64.0 Å². The molecule has 5 nitrogen and oxygen atoms in total. The van der Waals surface area contributed by atoms with Crippen LogP contribution >= 0.6 is 0 Å². The standard InChI is InChI=1S/C29H34N2O3/c1-18(32)16-30-12-11-29-23-14-22(33)8-7-20(23)13-25(30)28(29)10-9-24-26(29)21(15-28)17-31(24)27(34)19-5-3-2-4-6-19/h2-8,14,18,21,24-26,32-33H,9-13,15-17H2,1H3/t18-,21-,24?,25?,26?,28?,29?/m1/s1. The van der Waals surface area contributed by atoms with Gasteiger partial charge in [0.2, 0.25) is 0 Å². The van der Waals surface area contributed by atoms with Gasteiger partial charge < -0.3 is 15.1 Å². The summed E-state index contributed by atoms with van der Waals surface area (Å²) in [6.07, 6.45) is 5.07. The first-order chi connectivity index (χ1) is 16.4. The van der Waals surface area contributed by atoms with E-state index >= 15 is 0 Å². The number of phenols is 1. The number of fused-ring (bicyclic) bond motifs is 1. The Morgan fingerprint density at radius 1 is 1.18 bits per heavy atom. The summed E-state index contributed by atoms with van der Waals surface area (Å²) in [6.45, 7) is 4.47. The van der Waals surface area contributed by atoms with Crippen LogP contribution in [-0.4, -0.2) is 63.7 Å². The molecule has 2 aromatic rings. The summed E-state index contributed by atoms with van der Waals surface area (Å²) in [5, 5.41) is 20.8. The number of hydrogen-bond donors (Lipinski definition) is 2. The van der Waals surface area contributed by atoms with Crippen molar-refractivity contribution in [1.82, 2.24) is 9.80 Å². The van der Waals surface area contributed by atoms with E-state index in [9.17, 15) is 15.0 Å². The molecular weight excluding hydrogens is 424 g/mol. The van der Waals surface area contributed by atoms with E-state index in [1.54, 1.807) is 0 Å². The summed E-state index contributed by atoms with van der Waals surface area (Å²) in [5.41, 5.74) is 3.71. The number of aromatic hydroxyl groups is 1. The zero-order valence-electron chi connectivity index (χ0n) is 19.9. The van der Waals surface area contributed by atoms with Crippen LogP contribution in [0.25, 0.3) is 0 Å². The number of aliphatic hydroxyl groups is 1. The van der Waals surface area contributed by atoms with Crippen LogP contribution in [0.4, 0.5) is 0 Å². The summed E-state index contributed by atoms with van der Waals surface area (Å²) in [7, 11) is 0. The van der Waals surface area contributed by atoms with Gasteiger partial charge in [0, 0.05) is 36.2 Å². The molecule has 7 rings (SSSR count). The molecule has 4 fully saturated rings. The fourth-order valence-electron chi connectivity index (χ4n) is 9.63. The highest BCUT2D eigenvalue weighted by atomic mass is 16.3. The molecule has 0 radical (unpaired) electrons. The Balaban J connectivity index is 1.35. The number of carbonyl (C=O) groups is 1. The molecule has 2 aromatic carbocycles. The van der Waals surface area contributed by atoms with Gasteiger partial charge in [0.15, 0.2) is 0 Å². The van der Waals surface area contributed by atoms with E-state index in [-0.39, 0.29) is 28.9 Å². The summed E-state index contributed by atoms with van der Waals surface area (Å²) < 4.78 is 0. The van der Waals surface area contributed by atoms with Crippen LogP contribution in [0.5, 0.6) is 5.75 Å². The van der Waals surface area contributed by atoms with Crippen LogP contribution in [0.2, 0.25) is 0 Å². The fraction of sp³-hybridized carbons (Fsp3) is 0.552. The minimum atomic E-state index is -0.332. The van der Waals surface area contributed by atoms with E-state index in [1.165, 1.54) is 11.1 Å². The van der Waals surface area contributed by atoms with Crippen molar-refractivity contribution < 1.29 is 15.0 Å². The van der Waals surface area contributed by atoms with E-state index in [4.69, 9.17) is 0 Å². The van der Waals surface area contributed by atoms with Crippen LogP contribution in [-0.2, 0) is 11.8 Å². The van der Waals surface area contributed by atoms with Crippen LogP contribution in [0, 0.1) is 17.3 Å². The second-order valence-electron chi connectivity index (χ2n) is 11.7. The molecule has 2 saturated carbocycles. The van der Waals surface area contributed by atoms with Gasteiger partial charge in [-0.05, 0) is 98.2 Å².